The van der Waals surface area contributed by atoms with E-state index in [0.29, 0.717) is 0 Å². The molecule has 0 atom stereocenters. The highest BCUT2D eigenvalue weighted by molar-refractivity contribution is 5.92. The highest BCUT2D eigenvalue weighted by atomic mass is 16.1. The molecular formula is C12H19N3O. The molecule has 1 saturated carbocycles. The number of rotatable bonds is 2. The minimum absolute atomic E-state index is 0.163. The van der Waals surface area contributed by atoms with E-state index in [9.17, 15) is 4.79 Å². The monoisotopic (exact) mass is 221 g/mol. The van der Waals surface area contributed by atoms with Gasteiger partial charge >= 0.3 is 0 Å². The highest BCUT2D eigenvalue weighted by Crippen LogP contribution is 2.25. The van der Waals surface area contributed by atoms with Gasteiger partial charge in [0, 0.05) is 19.2 Å². The molecule has 1 aromatic rings. The van der Waals surface area contributed by atoms with Crippen molar-refractivity contribution < 1.29 is 4.79 Å². The molecule has 0 unspecified atom stereocenters. The average Bonchev–Trinajstić information content (AvgIpc) is 2.59. The van der Waals surface area contributed by atoms with Crippen molar-refractivity contribution in [2.75, 3.05) is 5.32 Å². The molecule has 1 fully saturated rings. The summed E-state index contributed by atoms with van der Waals surface area (Å²) in [6.07, 6.45) is 7.57. The van der Waals surface area contributed by atoms with Crippen LogP contribution in [0.15, 0.2) is 6.20 Å². The van der Waals surface area contributed by atoms with Crippen molar-refractivity contribution in [1.29, 1.82) is 0 Å². The van der Waals surface area contributed by atoms with E-state index in [4.69, 9.17) is 0 Å². The number of aromatic nitrogens is 2. The summed E-state index contributed by atoms with van der Waals surface area (Å²) >= 11 is 0. The predicted molar refractivity (Wildman–Crippen MR) is 63.1 cm³/mol. The first-order valence-electron chi connectivity index (χ1n) is 5.98. The van der Waals surface area contributed by atoms with E-state index >= 15 is 0 Å². The van der Waals surface area contributed by atoms with Crippen molar-refractivity contribution in [3.63, 3.8) is 0 Å². The Morgan fingerprint density at radius 3 is 2.69 bits per heavy atom. The number of carbonyl (C=O) groups is 1. The third kappa shape index (κ3) is 2.43. The van der Waals surface area contributed by atoms with Crippen LogP contribution in [0.2, 0.25) is 0 Å². The predicted octanol–water partition coefficient (Wildman–Crippen LogP) is 2.25. The van der Waals surface area contributed by atoms with Crippen LogP contribution >= 0.6 is 0 Å². The molecule has 0 bridgehead atoms. The van der Waals surface area contributed by atoms with Crippen LogP contribution in [-0.2, 0) is 11.8 Å². The molecule has 1 heterocycles. The fourth-order valence-corrected chi connectivity index (χ4v) is 2.32. The fourth-order valence-electron chi connectivity index (χ4n) is 2.32. The van der Waals surface area contributed by atoms with E-state index in [1.54, 1.807) is 4.68 Å². The van der Waals surface area contributed by atoms with Crippen LogP contribution in [0.3, 0.4) is 0 Å². The van der Waals surface area contributed by atoms with Gasteiger partial charge in [-0.05, 0) is 19.8 Å². The van der Waals surface area contributed by atoms with Crippen molar-refractivity contribution >= 4 is 11.6 Å². The Bertz CT molecular complexity index is 378. The molecule has 1 aliphatic rings. The van der Waals surface area contributed by atoms with Crippen LogP contribution in [0.25, 0.3) is 0 Å². The molecule has 1 amide bonds. The fraction of sp³-hybridized carbons (Fsp3) is 0.667. The van der Waals surface area contributed by atoms with Gasteiger partial charge in [0.15, 0.2) is 0 Å². The largest absolute Gasteiger partial charge is 0.323 e. The van der Waals surface area contributed by atoms with Crippen molar-refractivity contribution in [1.82, 2.24) is 9.78 Å². The second kappa shape index (κ2) is 4.68. The number of amides is 1. The summed E-state index contributed by atoms with van der Waals surface area (Å²) in [5, 5.41) is 7.19. The molecule has 1 aromatic heterocycles. The van der Waals surface area contributed by atoms with Crippen molar-refractivity contribution in [3.8, 4) is 0 Å². The van der Waals surface area contributed by atoms with Gasteiger partial charge in [0.1, 0.15) is 0 Å². The zero-order valence-electron chi connectivity index (χ0n) is 9.99. The van der Waals surface area contributed by atoms with Crippen molar-refractivity contribution in [3.05, 3.63) is 11.9 Å². The Balaban J connectivity index is 1.98. The second-order valence-electron chi connectivity index (χ2n) is 4.63. The lowest BCUT2D eigenvalue weighted by molar-refractivity contribution is -0.120. The van der Waals surface area contributed by atoms with Crippen LogP contribution in [0.4, 0.5) is 5.69 Å². The van der Waals surface area contributed by atoms with Gasteiger partial charge in [-0.3, -0.25) is 9.48 Å². The first kappa shape index (κ1) is 11.2. The molecule has 0 aliphatic heterocycles. The van der Waals surface area contributed by atoms with E-state index in [1.165, 1.54) is 19.3 Å². The number of hydrogen-bond acceptors (Lipinski definition) is 2. The molecule has 0 saturated heterocycles. The maximum atomic E-state index is 12.0. The van der Waals surface area contributed by atoms with E-state index in [0.717, 1.165) is 24.2 Å². The van der Waals surface area contributed by atoms with Crippen LogP contribution in [-0.4, -0.2) is 15.7 Å². The first-order valence-corrected chi connectivity index (χ1v) is 5.98. The van der Waals surface area contributed by atoms with Gasteiger partial charge in [0.05, 0.1) is 11.4 Å². The molecular weight excluding hydrogens is 202 g/mol. The molecule has 4 heteroatoms. The van der Waals surface area contributed by atoms with Gasteiger partial charge in [-0.1, -0.05) is 19.3 Å². The Morgan fingerprint density at radius 1 is 1.44 bits per heavy atom. The van der Waals surface area contributed by atoms with Gasteiger partial charge < -0.3 is 5.32 Å². The summed E-state index contributed by atoms with van der Waals surface area (Å²) < 4.78 is 1.73. The first-order chi connectivity index (χ1) is 7.66. The Labute approximate surface area is 96.0 Å². The van der Waals surface area contributed by atoms with Crippen molar-refractivity contribution in [2.24, 2.45) is 13.0 Å². The number of aryl methyl sites for hydroxylation is 2. The molecule has 4 nitrogen and oxygen atoms in total. The van der Waals surface area contributed by atoms with Crippen LogP contribution in [0.1, 0.15) is 37.8 Å². The van der Waals surface area contributed by atoms with E-state index in [-0.39, 0.29) is 11.8 Å². The smallest absolute Gasteiger partial charge is 0.227 e. The number of anilines is 1. The molecule has 0 spiro atoms. The van der Waals surface area contributed by atoms with E-state index in [1.807, 2.05) is 20.2 Å². The Morgan fingerprint density at radius 2 is 2.12 bits per heavy atom. The highest BCUT2D eigenvalue weighted by Gasteiger charge is 2.21. The van der Waals surface area contributed by atoms with Gasteiger partial charge in [-0.2, -0.15) is 5.10 Å². The Hall–Kier alpha value is -1.32. The molecule has 1 aliphatic carbocycles. The van der Waals surface area contributed by atoms with Gasteiger partial charge in [-0.25, -0.2) is 0 Å². The third-order valence-electron chi connectivity index (χ3n) is 3.25. The quantitative estimate of drug-likeness (QED) is 0.832. The molecule has 88 valence electrons. The minimum atomic E-state index is 0.163. The van der Waals surface area contributed by atoms with Gasteiger partial charge in [0.25, 0.3) is 0 Å². The zero-order valence-corrected chi connectivity index (χ0v) is 9.99. The maximum absolute atomic E-state index is 12.0. The lowest BCUT2D eigenvalue weighted by Crippen LogP contribution is -2.24. The number of nitrogens with one attached hydrogen (secondary N) is 1. The minimum Gasteiger partial charge on any atom is -0.323 e. The lowest BCUT2D eigenvalue weighted by Gasteiger charge is -2.20. The summed E-state index contributed by atoms with van der Waals surface area (Å²) in [5.41, 5.74) is 1.73. The third-order valence-corrected chi connectivity index (χ3v) is 3.25. The summed E-state index contributed by atoms with van der Waals surface area (Å²) in [5.74, 6) is 0.365. The number of hydrogen-bond donors (Lipinski definition) is 1. The second-order valence-corrected chi connectivity index (χ2v) is 4.63. The molecule has 0 radical (unpaired) electrons. The average molecular weight is 221 g/mol. The van der Waals surface area contributed by atoms with Crippen LogP contribution in [0.5, 0.6) is 0 Å². The molecule has 2 rings (SSSR count). The van der Waals surface area contributed by atoms with Crippen LogP contribution < -0.4 is 5.32 Å². The number of carbonyl (C=O) groups excluding carboxylic acids is 1. The van der Waals surface area contributed by atoms with Gasteiger partial charge in [0.2, 0.25) is 5.91 Å². The SMILES string of the molecule is Cc1nn(C)cc1NC(=O)C1CCCCC1. The lowest BCUT2D eigenvalue weighted by atomic mass is 9.88. The van der Waals surface area contributed by atoms with Crippen molar-refractivity contribution in [2.45, 2.75) is 39.0 Å². The topological polar surface area (TPSA) is 46.9 Å². The summed E-state index contributed by atoms with van der Waals surface area (Å²) in [4.78, 5) is 12.0. The Kier molecular flexibility index (Phi) is 3.27. The van der Waals surface area contributed by atoms with Crippen LogP contribution in [0, 0.1) is 12.8 Å². The summed E-state index contributed by atoms with van der Waals surface area (Å²) in [7, 11) is 1.86. The molecule has 16 heavy (non-hydrogen) atoms. The van der Waals surface area contributed by atoms with Gasteiger partial charge in [-0.15, -0.1) is 0 Å². The number of nitrogens with zero attached hydrogens (tertiary/aromatic N) is 2. The summed E-state index contributed by atoms with van der Waals surface area (Å²) in [6.45, 7) is 1.91. The molecule has 0 aromatic carbocycles. The normalized spacial score (nSPS) is 17.4. The maximum Gasteiger partial charge on any atom is 0.227 e. The van der Waals surface area contributed by atoms with E-state index in [2.05, 4.69) is 10.4 Å². The van der Waals surface area contributed by atoms with E-state index < -0.39 is 0 Å². The summed E-state index contributed by atoms with van der Waals surface area (Å²) in [6, 6.07) is 0. The zero-order chi connectivity index (χ0) is 11.5. The molecule has 1 N–H and O–H groups in total. The standard InChI is InChI=1S/C12H19N3O/c1-9-11(8-15(2)14-9)13-12(16)10-6-4-3-5-7-10/h8,10H,3-7H2,1-2H3,(H,13,16).